The monoisotopic (exact) mass is 237 g/mol. The molecule has 0 radical (unpaired) electrons. The molecule has 0 aliphatic carbocycles. The van der Waals surface area contributed by atoms with E-state index in [9.17, 15) is 4.79 Å². The van der Waals surface area contributed by atoms with Crippen LogP contribution in [0.5, 0.6) is 0 Å². The van der Waals surface area contributed by atoms with Crippen LogP contribution in [0.4, 0.5) is 4.79 Å². The first-order valence-electron chi connectivity index (χ1n) is 5.06. The summed E-state index contributed by atoms with van der Waals surface area (Å²) in [5.74, 6) is 0. The van der Waals surface area contributed by atoms with Gasteiger partial charge in [-0.3, -0.25) is 0 Å². The summed E-state index contributed by atoms with van der Waals surface area (Å²) in [5.41, 5.74) is 0. The number of rotatable bonds is 5. The number of ether oxygens (including phenoxy) is 1. The smallest absolute Gasteiger partial charge is 0.420 e. The molecule has 0 N–H and O–H groups in total. The van der Waals surface area contributed by atoms with Crippen molar-refractivity contribution >= 4 is 18.0 Å². The molecule has 16 heavy (non-hydrogen) atoms. The molecule has 3 nitrogen and oxygen atoms in total. The van der Waals surface area contributed by atoms with Gasteiger partial charge >= 0.3 is 6.09 Å². The van der Waals surface area contributed by atoms with Gasteiger partial charge in [0.05, 0.1) is 13.2 Å². The summed E-state index contributed by atoms with van der Waals surface area (Å²) in [6.07, 6.45) is 1.34. The van der Waals surface area contributed by atoms with E-state index < -0.39 is 0 Å². The molecule has 86 valence electrons. The SMILES string of the molecule is C=CCN(Sc1ccccc1)C(=O)OCC. The van der Waals surface area contributed by atoms with Crippen LogP contribution in [0.1, 0.15) is 6.92 Å². The Morgan fingerprint density at radius 1 is 1.50 bits per heavy atom. The van der Waals surface area contributed by atoms with Crippen LogP contribution in [0.3, 0.4) is 0 Å². The van der Waals surface area contributed by atoms with Crippen molar-refractivity contribution in [3.63, 3.8) is 0 Å². The lowest BCUT2D eigenvalue weighted by Crippen LogP contribution is -2.25. The van der Waals surface area contributed by atoms with Crippen molar-refractivity contribution in [2.45, 2.75) is 11.8 Å². The normalized spacial score (nSPS) is 9.56. The zero-order valence-corrected chi connectivity index (χ0v) is 10.1. The van der Waals surface area contributed by atoms with Gasteiger partial charge in [0.25, 0.3) is 0 Å². The summed E-state index contributed by atoms with van der Waals surface area (Å²) in [6, 6.07) is 9.69. The van der Waals surface area contributed by atoms with Crippen molar-refractivity contribution in [2.24, 2.45) is 0 Å². The van der Waals surface area contributed by atoms with E-state index in [0.29, 0.717) is 13.2 Å². The highest BCUT2D eigenvalue weighted by atomic mass is 32.2. The van der Waals surface area contributed by atoms with E-state index in [1.165, 1.54) is 16.3 Å². The molecule has 0 saturated heterocycles. The van der Waals surface area contributed by atoms with Gasteiger partial charge in [0, 0.05) is 4.90 Å². The van der Waals surface area contributed by atoms with E-state index in [-0.39, 0.29) is 6.09 Å². The van der Waals surface area contributed by atoms with Gasteiger partial charge in [-0.15, -0.1) is 6.58 Å². The quantitative estimate of drug-likeness (QED) is 0.581. The Hall–Kier alpha value is -1.42. The Kier molecular flexibility index (Phi) is 5.50. The number of benzene rings is 1. The number of carbonyl (C=O) groups is 1. The molecule has 0 unspecified atom stereocenters. The van der Waals surface area contributed by atoms with Crippen LogP contribution in [0.25, 0.3) is 0 Å². The van der Waals surface area contributed by atoms with Crippen molar-refractivity contribution in [2.75, 3.05) is 13.2 Å². The standard InChI is InChI=1S/C12H15NO2S/c1-3-10-13(12(14)15-4-2)16-11-8-6-5-7-9-11/h3,5-9H,1,4,10H2,2H3. The summed E-state index contributed by atoms with van der Waals surface area (Å²) in [5, 5.41) is 0. The number of amides is 1. The highest BCUT2D eigenvalue weighted by Gasteiger charge is 2.14. The molecule has 0 aliphatic rings. The molecule has 0 saturated carbocycles. The summed E-state index contributed by atoms with van der Waals surface area (Å²) in [4.78, 5) is 12.6. The first-order chi connectivity index (χ1) is 7.77. The number of nitrogens with zero attached hydrogens (tertiary/aromatic N) is 1. The molecule has 1 rings (SSSR count). The minimum Gasteiger partial charge on any atom is -0.449 e. The molecular weight excluding hydrogens is 222 g/mol. The second-order valence-electron chi connectivity index (χ2n) is 2.95. The van der Waals surface area contributed by atoms with Crippen LogP contribution < -0.4 is 0 Å². The number of carbonyl (C=O) groups excluding carboxylic acids is 1. The van der Waals surface area contributed by atoms with Crippen molar-refractivity contribution in [1.29, 1.82) is 0 Å². The Morgan fingerprint density at radius 2 is 2.19 bits per heavy atom. The Labute approximate surface area is 100 Å². The average Bonchev–Trinajstić information content (AvgIpc) is 2.30. The second-order valence-corrected chi connectivity index (χ2v) is 4.05. The molecular formula is C12H15NO2S. The van der Waals surface area contributed by atoms with Crippen molar-refractivity contribution in [3.8, 4) is 0 Å². The Morgan fingerprint density at radius 3 is 2.75 bits per heavy atom. The Balaban J connectivity index is 2.64. The summed E-state index contributed by atoms with van der Waals surface area (Å²) < 4.78 is 6.48. The molecule has 0 aliphatic heterocycles. The fourth-order valence-corrected chi connectivity index (χ4v) is 1.91. The minimum atomic E-state index is -0.337. The molecule has 0 aromatic heterocycles. The maximum atomic E-state index is 11.6. The average molecular weight is 237 g/mol. The van der Waals surface area contributed by atoms with Gasteiger partial charge in [-0.25, -0.2) is 9.10 Å². The topological polar surface area (TPSA) is 29.5 Å². The molecule has 4 heteroatoms. The van der Waals surface area contributed by atoms with Gasteiger partial charge in [0.1, 0.15) is 0 Å². The predicted octanol–water partition coefficient (Wildman–Crippen LogP) is 3.34. The highest BCUT2D eigenvalue weighted by Crippen LogP contribution is 2.22. The van der Waals surface area contributed by atoms with E-state index in [0.717, 1.165) is 4.90 Å². The third-order valence-electron chi connectivity index (χ3n) is 1.73. The number of hydrogen-bond acceptors (Lipinski definition) is 3. The van der Waals surface area contributed by atoms with Gasteiger partial charge in [0.2, 0.25) is 0 Å². The summed E-state index contributed by atoms with van der Waals surface area (Å²) in [6.45, 7) is 6.24. The molecule has 1 aromatic carbocycles. The second kappa shape index (κ2) is 6.95. The van der Waals surface area contributed by atoms with Crippen LogP contribution in [0.2, 0.25) is 0 Å². The van der Waals surface area contributed by atoms with Crippen molar-refractivity contribution in [3.05, 3.63) is 43.0 Å². The fraction of sp³-hybridized carbons (Fsp3) is 0.250. The van der Waals surface area contributed by atoms with Crippen LogP contribution in [-0.2, 0) is 4.74 Å². The van der Waals surface area contributed by atoms with Crippen LogP contribution in [0, 0.1) is 0 Å². The van der Waals surface area contributed by atoms with Gasteiger partial charge < -0.3 is 4.74 Å². The lowest BCUT2D eigenvalue weighted by Gasteiger charge is -2.18. The zero-order chi connectivity index (χ0) is 11.8. The predicted molar refractivity (Wildman–Crippen MR) is 66.2 cm³/mol. The molecule has 0 fully saturated rings. The maximum Gasteiger partial charge on any atom is 0.420 e. The van der Waals surface area contributed by atoms with Gasteiger partial charge in [-0.1, -0.05) is 24.3 Å². The van der Waals surface area contributed by atoms with Crippen LogP contribution in [0.15, 0.2) is 47.9 Å². The summed E-state index contributed by atoms with van der Waals surface area (Å²) >= 11 is 1.35. The van der Waals surface area contributed by atoms with Crippen molar-refractivity contribution < 1.29 is 9.53 Å². The molecule has 0 heterocycles. The zero-order valence-electron chi connectivity index (χ0n) is 9.26. The third kappa shape index (κ3) is 3.98. The third-order valence-corrected chi connectivity index (χ3v) is 2.73. The molecule has 0 spiro atoms. The van der Waals surface area contributed by atoms with Gasteiger partial charge in [0.15, 0.2) is 0 Å². The molecule has 1 aromatic rings. The maximum absolute atomic E-state index is 11.6. The van der Waals surface area contributed by atoms with Crippen molar-refractivity contribution in [1.82, 2.24) is 4.31 Å². The van der Waals surface area contributed by atoms with E-state index in [1.54, 1.807) is 13.0 Å². The van der Waals surface area contributed by atoms with Crippen LogP contribution >= 0.6 is 11.9 Å². The largest absolute Gasteiger partial charge is 0.449 e. The summed E-state index contributed by atoms with van der Waals surface area (Å²) in [7, 11) is 0. The minimum absolute atomic E-state index is 0.337. The first kappa shape index (κ1) is 12.6. The molecule has 1 amide bonds. The highest BCUT2D eigenvalue weighted by molar-refractivity contribution is 7.97. The van der Waals surface area contributed by atoms with Gasteiger partial charge in [-0.2, -0.15) is 0 Å². The fourth-order valence-electron chi connectivity index (χ4n) is 1.07. The lowest BCUT2D eigenvalue weighted by molar-refractivity contribution is 0.136. The van der Waals surface area contributed by atoms with E-state index in [1.807, 2.05) is 30.3 Å². The number of hydrogen-bond donors (Lipinski definition) is 0. The Bertz CT molecular complexity index is 340. The lowest BCUT2D eigenvalue weighted by atomic mass is 10.4. The van der Waals surface area contributed by atoms with Gasteiger partial charge in [-0.05, 0) is 31.0 Å². The van der Waals surface area contributed by atoms with E-state index >= 15 is 0 Å². The van der Waals surface area contributed by atoms with E-state index in [2.05, 4.69) is 6.58 Å². The van der Waals surface area contributed by atoms with E-state index in [4.69, 9.17) is 4.74 Å². The molecule has 0 atom stereocenters. The molecule has 0 bridgehead atoms. The first-order valence-corrected chi connectivity index (χ1v) is 5.83. The van der Waals surface area contributed by atoms with Crippen LogP contribution in [-0.4, -0.2) is 23.6 Å².